The van der Waals surface area contributed by atoms with Gasteiger partial charge < -0.3 is 5.11 Å². The largest absolute Gasteiger partial charge is 0.464 e. The molecule has 0 aliphatic rings. The number of hydrogen-bond donors (Lipinski definition) is 3. The average Bonchev–Trinajstić information content (AvgIpc) is 2.15. The number of pyridine rings is 1. The maximum Gasteiger partial charge on any atom is 0.423 e. The normalized spacial score (nSPS) is 8.54. The van der Waals surface area contributed by atoms with Crippen LogP contribution in [0.1, 0.15) is 5.69 Å². The molecule has 1 heterocycles. The smallest absolute Gasteiger partial charge is 0.423 e. The van der Waals surface area contributed by atoms with Crippen LogP contribution >= 0.6 is 0 Å². The quantitative estimate of drug-likeness (QED) is 0.574. The van der Waals surface area contributed by atoms with E-state index in [1.54, 1.807) is 6.07 Å². The molecule has 3 N–H and O–H groups in total. The van der Waals surface area contributed by atoms with Crippen molar-refractivity contribution >= 4 is 11.8 Å². The molecule has 0 radical (unpaired) electrons. The second-order valence-electron chi connectivity index (χ2n) is 2.10. The Kier molecular flexibility index (Phi) is 2.65. The molecule has 13 heavy (non-hydrogen) atoms. The van der Waals surface area contributed by atoms with Gasteiger partial charge in [0.2, 0.25) is 0 Å². The van der Waals surface area contributed by atoms with Crippen LogP contribution in [-0.2, 0) is 0 Å². The number of amides is 1. The fourth-order valence-corrected chi connectivity index (χ4v) is 0.660. The predicted octanol–water partition coefficient (Wildman–Crippen LogP) is 0.548. The molecule has 0 fully saturated rings. The van der Waals surface area contributed by atoms with Gasteiger partial charge in [0.1, 0.15) is 11.8 Å². The minimum atomic E-state index is -1.19. The SMILES string of the molecule is N#Cc1ccc(NNC(=O)O)cn1. The van der Waals surface area contributed by atoms with E-state index in [1.807, 2.05) is 11.5 Å². The maximum atomic E-state index is 10.0. The molecule has 66 valence electrons. The number of anilines is 1. The molecule has 6 nitrogen and oxygen atoms in total. The van der Waals surface area contributed by atoms with Crippen molar-refractivity contribution in [3.05, 3.63) is 24.0 Å². The van der Waals surface area contributed by atoms with Gasteiger partial charge in [-0.15, -0.1) is 0 Å². The molecule has 0 unspecified atom stereocenters. The number of rotatable bonds is 2. The first-order valence-corrected chi connectivity index (χ1v) is 3.33. The summed E-state index contributed by atoms with van der Waals surface area (Å²) in [4.78, 5) is 13.8. The lowest BCUT2D eigenvalue weighted by molar-refractivity contribution is 0.197. The van der Waals surface area contributed by atoms with Crippen molar-refractivity contribution < 1.29 is 9.90 Å². The average molecular weight is 178 g/mol. The molecule has 0 saturated heterocycles. The highest BCUT2D eigenvalue weighted by molar-refractivity contribution is 5.66. The molecule has 1 amide bonds. The van der Waals surface area contributed by atoms with Gasteiger partial charge in [-0.05, 0) is 12.1 Å². The van der Waals surface area contributed by atoms with Gasteiger partial charge in [0.25, 0.3) is 0 Å². The summed E-state index contributed by atoms with van der Waals surface area (Å²) in [6, 6.07) is 4.86. The van der Waals surface area contributed by atoms with E-state index < -0.39 is 6.09 Å². The summed E-state index contributed by atoms with van der Waals surface area (Å²) in [5.74, 6) is 0. The van der Waals surface area contributed by atoms with Crippen molar-refractivity contribution in [1.82, 2.24) is 10.4 Å². The summed E-state index contributed by atoms with van der Waals surface area (Å²) in [5.41, 5.74) is 5.07. The highest BCUT2D eigenvalue weighted by Gasteiger charge is 1.95. The molecule has 1 rings (SSSR count). The van der Waals surface area contributed by atoms with Crippen molar-refractivity contribution in [3.8, 4) is 6.07 Å². The van der Waals surface area contributed by atoms with Gasteiger partial charge in [0, 0.05) is 0 Å². The molecule has 0 aromatic carbocycles. The van der Waals surface area contributed by atoms with Crippen LogP contribution in [0.5, 0.6) is 0 Å². The number of nitrogens with zero attached hydrogens (tertiary/aromatic N) is 2. The third-order valence-electron chi connectivity index (χ3n) is 1.19. The van der Waals surface area contributed by atoms with Crippen LogP contribution in [0.4, 0.5) is 10.5 Å². The lowest BCUT2D eigenvalue weighted by Gasteiger charge is -2.03. The Bertz CT molecular complexity index is 341. The molecule has 1 aromatic rings. The summed E-state index contributed by atoms with van der Waals surface area (Å²) in [7, 11) is 0. The fraction of sp³-hybridized carbons (Fsp3) is 0. The van der Waals surface area contributed by atoms with E-state index in [9.17, 15) is 4.79 Å². The molecule has 1 aromatic heterocycles. The Morgan fingerprint density at radius 1 is 1.62 bits per heavy atom. The molecule has 6 heteroatoms. The number of nitriles is 1. The molecular formula is C7H6N4O2. The highest BCUT2D eigenvalue weighted by Crippen LogP contribution is 2.03. The van der Waals surface area contributed by atoms with Crippen LogP contribution in [-0.4, -0.2) is 16.2 Å². The third kappa shape index (κ3) is 2.67. The Hall–Kier alpha value is -2.29. The first kappa shape index (κ1) is 8.80. The third-order valence-corrected chi connectivity index (χ3v) is 1.19. The Morgan fingerprint density at radius 3 is 2.85 bits per heavy atom. The molecule has 0 atom stereocenters. The first-order valence-electron chi connectivity index (χ1n) is 3.33. The zero-order chi connectivity index (χ0) is 9.68. The van der Waals surface area contributed by atoms with E-state index in [1.165, 1.54) is 12.3 Å². The molecule has 0 spiro atoms. The maximum absolute atomic E-state index is 10.0. The Balaban J connectivity index is 2.60. The van der Waals surface area contributed by atoms with Crippen LogP contribution in [0, 0.1) is 11.3 Å². The van der Waals surface area contributed by atoms with Crippen molar-refractivity contribution in [2.45, 2.75) is 0 Å². The molecule has 0 aliphatic heterocycles. The van der Waals surface area contributed by atoms with Crippen LogP contribution in [0.25, 0.3) is 0 Å². The number of aromatic nitrogens is 1. The van der Waals surface area contributed by atoms with E-state index in [4.69, 9.17) is 10.4 Å². The second-order valence-corrected chi connectivity index (χ2v) is 2.10. The van der Waals surface area contributed by atoms with Crippen molar-refractivity contribution in [2.75, 3.05) is 5.43 Å². The summed E-state index contributed by atoms with van der Waals surface area (Å²) < 4.78 is 0. The van der Waals surface area contributed by atoms with E-state index in [2.05, 4.69) is 10.4 Å². The second kappa shape index (κ2) is 3.92. The van der Waals surface area contributed by atoms with Crippen LogP contribution in [0.2, 0.25) is 0 Å². The summed E-state index contributed by atoms with van der Waals surface area (Å²) in [6.07, 6.45) is 0.165. The monoisotopic (exact) mass is 178 g/mol. The predicted molar refractivity (Wildman–Crippen MR) is 43.7 cm³/mol. The van der Waals surface area contributed by atoms with Gasteiger partial charge in [0.15, 0.2) is 0 Å². The lowest BCUT2D eigenvalue weighted by Crippen LogP contribution is -2.27. The Morgan fingerprint density at radius 2 is 2.38 bits per heavy atom. The summed E-state index contributed by atoms with van der Waals surface area (Å²) >= 11 is 0. The Labute approximate surface area is 73.8 Å². The number of nitrogens with one attached hydrogen (secondary N) is 2. The highest BCUT2D eigenvalue weighted by atomic mass is 16.4. The van der Waals surface area contributed by atoms with E-state index >= 15 is 0 Å². The van der Waals surface area contributed by atoms with Gasteiger partial charge in [-0.2, -0.15) is 5.26 Å². The number of carboxylic acid groups (broad SMARTS) is 1. The minimum absolute atomic E-state index is 0.279. The standard InChI is InChI=1S/C7H6N4O2/c8-3-5-1-2-6(4-9-5)10-11-7(12)13/h1-2,4,10-11H,(H,12,13). The van der Waals surface area contributed by atoms with Crippen LogP contribution in [0.3, 0.4) is 0 Å². The van der Waals surface area contributed by atoms with Crippen molar-refractivity contribution in [2.24, 2.45) is 0 Å². The number of carbonyl (C=O) groups is 1. The lowest BCUT2D eigenvalue weighted by atomic mass is 10.3. The van der Waals surface area contributed by atoms with Crippen molar-refractivity contribution in [3.63, 3.8) is 0 Å². The number of hydrogen-bond acceptors (Lipinski definition) is 4. The van der Waals surface area contributed by atoms with Crippen LogP contribution in [0.15, 0.2) is 18.3 Å². The summed E-state index contributed by atoms with van der Waals surface area (Å²) in [5, 5.41) is 16.6. The molecule has 0 saturated carbocycles. The van der Waals surface area contributed by atoms with Crippen molar-refractivity contribution in [1.29, 1.82) is 5.26 Å². The fourth-order valence-electron chi connectivity index (χ4n) is 0.660. The zero-order valence-corrected chi connectivity index (χ0v) is 6.48. The van der Waals surface area contributed by atoms with Gasteiger partial charge in [-0.3, -0.25) is 5.43 Å². The van der Waals surface area contributed by atoms with E-state index in [0.29, 0.717) is 5.69 Å². The topological polar surface area (TPSA) is 98.0 Å². The summed E-state index contributed by atoms with van der Waals surface area (Å²) in [6.45, 7) is 0. The van der Waals surface area contributed by atoms with E-state index in [-0.39, 0.29) is 5.69 Å². The molecular weight excluding hydrogens is 172 g/mol. The van der Waals surface area contributed by atoms with Gasteiger partial charge in [-0.25, -0.2) is 15.2 Å². The molecule has 0 aliphatic carbocycles. The zero-order valence-electron chi connectivity index (χ0n) is 6.48. The van der Waals surface area contributed by atoms with Crippen LogP contribution < -0.4 is 10.9 Å². The first-order chi connectivity index (χ1) is 6.22. The van der Waals surface area contributed by atoms with Gasteiger partial charge >= 0.3 is 6.09 Å². The minimum Gasteiger partial charge on any atom is -0.464 e. The molecule has 0 bridgehead atoms. The van der Waals surface area contributed by atoms with Gasteiger partial charge in [-0.1, -0.05) is 0 Å². The number of hydrazine groups is 1. The van der Waals surface area contributed by atoms with Gasteiger partial charge in [0.05, 0.1) is 11.9 Å². The van der Waals surface area contributed by atoms with E-state index in [0.717, 1.165) is 0 Å².